The first-order valence-corrected chi connectivity index (χ1v) is 3.69. The van der Waals surface area contributed by atoms with Crippen LogP contribution < -0.4 is 17.2 Å². The summed E-state index contributed by atoms with van der Waals surface area (Å²) in [6, 6.07) is 0. The van der Waals surface area contributed by atoms with Gasteiger partial charge in [0.25, 0.3) is 0 Å². The van der Waals surface area contributed by atoms with Gasteiger partial charge in [-0.05, 0) is 0 Å². The van der Waals surface area contributed by atoms with Crippen LogP contribution in [0.1, 0.15) is 0 Å². The normalized spacial score (nSPS) is 8.87. The summed E-state index contributed by atoms with van der Waals surface area (Å²) < 4.78 is 4.20. The molecule has 0 amide bonds. The molecule has 15 heavy (non-hydrogen) atoms. The van der Waals surface area contributed by atoms with Gasteiger partial charge in [-0.15, -0.1) is 0 Å². The Balaban J connectivity index is 0.000000288. The van der Waals surface area contributed by atoms with Crippen molar-refractivity contribution in [3.8, 4) is 0 Å². The van der Waals surface area contributed by atoms with E-state index in [2.05, 4.69) is 19.7 Å². The zero-order chi connectivity index (χ0) is 11.8. The molecule has 0 aliphatic carbocycles. The van der Waals surface area contributed by atoms with Crippen LogP contribution in [0.3, 0.4) is 0 Å². The van der Waals surface area contributed by atoms with Crippen LogP contribution in [0, 0.1) is 0 Å². The quantitative estimate of drug-likeness (QED) is 0.452. The maximum Gasteiger partial charge on any atom is 0.329 e. The van der Waals surface area contributed by atoms with Crippen LogP contribution in [-0.4, -0.2) is 39.7 Å². The Labute approximate surface area is 85.3 Å². The van der Waals surface area contributed by atoms with Gasteiger partial charge in [0.1, 0.15) is 6.61 Å². The van der Waals surface area contributed by atoms with Crippen molar-refractivity contribution in [2.75, 3.05) is 30.9 Å². The number of rotatable bonds is 2. The molecule has 0 bridgehead atoms. The summed E-state index contributed by atoms with van der Waals surface area (Å²) >= 11 is 0. The van der Waals surface area contributed by atoms with Gasteiger partial charge in [-0.25, -0.2) is 4.79 Å². The van der Waals surface area contributed by atoms with Gasteiger partial charge in [0.2, 0.25) is 17.8 Å². The highest BCUT2D eigenvalue weighted by molar-refractivity contribution is 5.67. The van der Waals surface area contributed by atoms with E-state index in [1.807, 2.05) is 0 Å². The number of ether oxygens (including phenoxy) is 1. The molecule has 0 aliphatic rings. The molecule has 0 saturated carbocycles. The average Bonchev–Trinajstić information content (AvgIpc) is 2.00. The Hall–Kier alpha value is -2.16. The summed E-state index contributed by atoms with van der Waals surface area (Å²) in [6.07, 6.45) is 0. The Kier molecular flexibility index (Phi) is 5.41. The fraction of sp³-hybridized carbons (Fsp3) is 0.333. The number of hydrogen-bond donors (Lipinski definition) is 4. The maximum atomic E-state index is 9.47. The van der Waals surface area contributed by atoms with Gasteiger partial charge in [0.05, 0.1) is 0 Å². The minimum atomic E-state index is -0.933. The Morgan fingerprint density at radius 3 is 1.67 bits per heavy atom. The molecular weight excluding hydrogens is 204 g/mol. The van der Waals surface area contributed by atoms with Crippen molar-refractivity contribution < 1.29 is 14.6 Å². The van der Waals surface area contributed by atoms with E-state index < -0.39 is 5.97 Å². The molecule has 0 unspecified atom stereocenters. The van der Waals surface area contributed by atoms with Crippen LogP contribution in [0.4, 0.5) is 17.8 Å². The third kappa shape index (κ3) is 6.95. The Morgan fingerprint density at radius 2 is 1.53 bits per heavy atom. The van der Waals surface area contributed by atoms with Crippen LogP contribution in [0.5, 0.6) is 0 Å². The standard InChI is InChI=1S/C3H6N6.C3H6O3/c4-1-7-2(5)9-3(6)8-1;1-6-2-3(4)5/h(H6,4,5,6,7,8,9);2H2,1H3,(H,4,5). The average molecular weight is 216 g/mol. The molecular formula is C6H12N6O3. The predicted molar refractivity (Wildman–Crippen MR) is 52.6 cm³/mol. The van der Waals surface area contributed by atoms with E-state index in [1.165, 1.54) is 7.11 Å². The van der Waals surface area contributed by atoms with E-state index in [4.69, 9.17) is 22.3 Å². The number of methoxy groups -OCH3 is 1. The van der Waals surface area contributed by atoms with Crippen molar-refractivity contribution in [2.24, 2.45) is 0 Å². The van der Waals surface area contributed by atoms with Crippen LogP contribution in [0.2, 0.25) is 0 Å². The lowest BCUT2D eigenvalue weighted by atomic mass is 10.8. The number of carboxylic acid groups (broad SMARTS) is 1. The van der Waals surface area contributed by atoms with E-state index in [0.29, 0.717) is 0 Å². The van der Waals surface area contributed by atoms with Crippen molar-refractivity contribution in [3.63, 3.8) is 0 Å². The van der Waals surface area contributed by atoms with Crippen LogP contribution >= 0.6 is 0 Å². The highest BCUT2D eigenvalue weighted by atomic mass is 16.5. The Bertz CT molecular complexity index is 280. The molecule has 7 N–H and O–H groups in total. The maximum absolute atomic E-state index is 9.47. The van der Waals surface area contributed by atoms with Gasteiger partial charge in [0, 0.05) is 7.11 Å². The SMILES string of the molecule is COCC(=O)O.Nc1nc(N)nc(N)n1. The molecule has 1 heterocycles. The largest absolute Gasteiger partial charge is 0.480 e. The molecule has 0 radical (unpaired) electrons. The van der Waals surface area contributed by atoms with Gasteiger partial charge in [0.15, 0.2) is 0 Å². The van der Waals surface area contributed by atoms with Crippen LogP contribution in [-0.2, 0) is 9.53 Å². The molecule has 9 nitrogen and oxygen atoms in total. The first-order valence-electron chi connectivity index (χ1n) is 3.69. The molecule has 84 valence electrons. The first kappa shape index (κ1) is 12.8. The molecule has 0 saturated heterocycles. The predicted octanol–water partition coefficient (Wildman–Crippen LogP) is -1.66. The van der Waals surface area contributed by atoms with Crippen LogP contribution in [0.25, 0.3) is 0 Å². The smallest absolute Gasteiger partial charge is 0.329 e. The summed E-state index contributed by atoms with van der Waals surface area (Å²) in [5.41, 5.74) is 15.4. The van der Waals surface area contributed by atoms with Gasteiger partial charge in [-0.1, -0.05) is 0 Å². The highest BCUT2D eigenvalue weighted by Gasteiger charge is 1.93. The molecule has 1 aromatic rings. The molecule has 0 atom stereocenters. The fourth-order valence-electron chi connectivity index (χ4n) is 0.551. The van der Waals surface area contributed by atoms with Crippen molar-refractivity contribution in [1.29, 1.82) is 0 Å². The summed E-state index contributed by atoms with van der Waals surface area (Å²) in [5, 5.41) is 7.79. The summed E-state index contributed by atoms with van der Waals surface area (Å²) in [7, 11) is 1.34. The van der Waals surface area contributed by atoms with Crippen molar-refractivity contribution in [2.45, 2.75) is 0 Å². The van der Waals surface area contributed by atoms with Crippen molar-refractivity contribution in [3.05, 3.63) is 0 Å². The number of aliphatic carboxylic acids is 1. The number of aromatic nitrogens is 3. The second-order valence-corrected chi connectivity index (χ2v) is 2.24. The second-order valence-electron chi connectivity index (χ2n) is 2.24. The fourth-order valence-corrected chi connectivity index (χ4v) is 0.551. The topological polar surface area (TPSA) is 163 Å². The van der Waals surface area contributed by atoms with Gasteiger partial charge in [-0.3, -0.25) is 0 Å². The lowest BCUT2D eigenvalue weighted by Crippen LogP contribution is -2.05. The molecule has 0 fully saturated rings. The van der Waals surface area contributed by atoms with Crippen molar-refractivity contribution >= 4 is 23.8 Å². The van der Waals surface area contributed by atoms with E-state index in [0.717, 1.165) is 0 Å². The molecule has 0 spiro atoms. The molecule has 1 aromatic heterocycles. The van der Waals surface area contributed by atoms with E-state index >= 15 is 0 Å². The Morgan fingerprint density at radius 1 is 1.20 bits per heavy atom. The number of carbonyl (C=O) groups is 1. The zero-order valence-corrected chi connectivity index (χ0v) is 8.04. The summed E-state index contributed by atoms with van der Waals surface area (Å²) in [5.74, 6) is -0.808. The molecule has 1 rings (SSSR count). The molecule has 0 aromatic carbocycles. The summed E-state index contributed by atoms with van der Waals surface area (Å²) in [4.78, 5) is 19.9. The second kappa shape index (κ2) is 6.32. The van der Waals surface area contributed by atoms with E-state index in [9.17, 15) is 4.79 Å². The minimum Gasteiger partial charge on any atom is -0.480 e. The first-order chi connectivity index (χ1) is 6.95. The monoisotopic (exact) mass is 216 g/mol. The lowest BCUT2D eigenvalue weighted by Gasteiger charge is -1.93. The van der Waals surface area contributed by atoms with E-state index in [1.54, 1.807) is 0 Å². The van der Waals surface area contributed by atoms with Gasteiger partial charge >= 0.3 is 5.97 Å². The number of nitrogens with two attached hydrogens (primary N) is 3. The lowest BCUT2D eigenvalue weighted by molar-refractivity contribution is -0.141. The summed E-state index contributed by atoms with van der Waals surface area (Å²) in [6.45, 7) is -0.208. The van der Waals surface area contributed by atoms with Gasteiger partial charge in [-0.2, -0.15) is 15.0 Å². The van der Waals surface area contributed by atoms with Crippen LogP contribution in [0.15, 0.2) is 0 Å². The number of anilines is 3. The van der Waals surface area contributed by atoms with E-state index in [-0.39, 0.29) is 24.5 Å². The number of hydrogen-bond acceptors (Lipinski definition) is 8. The minimum absolute atomic E-state index is 0.0417. The van der Waals surface area contributed by atoms with Gasteiger partial charge < -0.3 is 27.0 Å². The number of nitrogen functional groups attached to an aromatic ring is 3. The zero-order valence-electron chi connectivity index (χ0n) is 8.04. The highest BCUT2D eigenvalue weighted by Crippen LogP contribution is 1.97. The third-order valence-electron chi connectivity index (χ3n) is 0.955. The number of carboxylic acids is 1. The number of nitrogens with zero attached hydrogens (tertiary/aromatic N) is 3. The van der Waals surface area contributed by atoms with Crippen molar-refractivity contribution in [1.82, 2.24) is 15.0 Å². The third-order valence-corrected chi connectivity index (χ3v) is 0.955. The molecule has 9 heteroatoms. The molecule has 0 aliphatic heterocycles.